The molecule has 1 saturated carbocycles. The Labute approximate surface area is 133 Å². The van der Waals surface area contributed by atoms with E-state index in [0.717, 1.165) is 16.4 Å². The van der Waals surface area contributed by atoms with Gasteiger partial charge in [0.25, 0.3) is 0 Å². The molecule has 128 valence electrons. The van der Waals surface area contributed by atoms with Crippen molar-refractivity contribution < 1.29 is 26.7 Å². The molecule has 1 saturated heterocycles. The smallest absolute Gasteiger partial charge is 0.390 e. The number of alkyl halides is 3. The van der Waals surface area contributed by atoms with Crippen LogP contribution in [-0.4, -0.2) is 36.5 Å². The Morgan fingerprint density at radius 1 is 1.22 bits per heavy atom. The van der Waals surface area contributed by atoms with E-state index in [4.69, 9.17) is 0 Å². The summed E-state index contributed by atoms with van der Waals surface area (Å²) in [5.41, 5.74) is -1.98. The van der Waals surface area contributed by atoms with Gasteiger partial charge in [-0.15, -0.1) is 0 Å². The van der Waals surface area contributed by atoms with Crippen LogP contribution in [0.25, 0.3) is 0 Å². The maximum Gasteiger partial charge on any atom is 0.417 e. The van der Waals surface area contributed by atoms with Crippen molar-refractivity contribution in [1.29, 1.82) is 0 Å². The van der Waals surface area contributed by atoms with Gasteiger partial charge >= 0.3 is 6.18 Å². The second-order valence-electron chi connectivity index (χ2n) is 6.30. The predicted octanol–water partition coefficient (Wildman–Crippen LogP) is 2.63. The van der Waals surface area contributed by atoms with Gasteiger partial charge in [-0.3, -0.25) is 0 Å². The van der Waals surface area contributed by atoms with Crippen LogP contribution in [0.3, 0.4) is 0 Å². The highest BCUT2D eigenvalue weighted by atomic mass is 32.2. The van der Waals surface area contributed by atoms with E-state index in [1.54, 1.807) is 0 Å². The third kappa shape index (κ3) is 3.12. The molecule has 4 nitrogen and oxygen atoms in total. The van der Waals surface area contributed by atoms with Gasteiger partial charge in [0, 0.05) is 19.0 Å². The molecule has 1 aliphatic carbocycles. The van der Waals surface area contributed by atoms with Crippen LogP contribution in [0.2, 0.25) is 0 Å². The summed E-state index contributed by atoms with van der Waals surface area (Å²) in [5.74, 6) is -0.205. The molecule has 0 spiro atoms. The molecule has 8 heteroatoms. The zero-order chi connectivity index (χ0) is 16.9. The number of benzene rings is 1. The summed E-state index contributed by atoms with van der Waals surface area (Å²) >= 11 is 0. The largest absolute Gasteiger partial charge is 0.417 e. The summed E-state index contributed by atoms with van der Waals surface area (Å²) in [4.78, 5) is -0.712. The Hall–Kier alpha value is -1.12. The van der Waals surface area contributed by atoms with Crippen molar-refractivity contribution in [3.8, 4) is 0 Å². The van der Waals surface area contributed by atoms with Gasteiger partial charge in [0.05, 0.1) is 16.1 Å². The minimum absolute atomic E-state index is 0.0744. The van der Waals surface area contributed by atoms with Crippen molar-refractivity contribution in [2.45, 2.75) is 42.4 Å². The van der Waals surface area contributed by atoms with Crippen LogP contribution in [0.15, 0.2) is 29.2 Å². The van der Waals surface area contributed by atoms with E-state index in [9.17, 15) is 26.7 Å². The SMILES string of the molecule is O=S(=O)(c1ccccc1C(F)(F)F)N1CCCC(C2(O)CC2)C1. The van der Waals surface area contributed by atoms with Crippen LogP contribution in [0.5, 0.6) is 0 Å². The van der Waals surface area contributed by atoms with Crippen LogP contribution in [0.1, 0.15) is 31.2 Å². The molecule has 0 radical (unpaired) electrons. The molecule has 23 heavy (non-hydrogen) atoms. The fraction of sp³-hybridized carbons (Fsp3) is 0.600. The molecule has 1 N–H and O–H groups in total. The highest BCUT2D eigenvalue weighted by Gasteiger charge is 2.50. The van der Waals surface area contributed by atoms with Gasteiger partial charge in [0.15, 0.2) is 0 Å². The van der Waals surface area contributed by atoms with Gasteiger partial charge in [0.1, 0.15) is 0 Å². The van der Waals surface area contributed by atoms with Gasteiger partial charge < -0.3 is 5.11 Å². The molecule has 3 rings (SSSR count). The topological polar surface area (TPSA) is 57.6 Å². The molecule has 1 unspecified atom stereocenters. The first kappa shape index (κ1) is 16.7. The van der Waals surface area contributed by atoms with Crippen molar-refractivity contribution >= 4 is 10.0 Å². The zero-order valence-electron chi connectivity index (χ0n) is 12.4. The first-order chi connectivity index (χ1) is 10.6. The zero-order valence-corrected chi connectivity index (χ0v) is 13.2. The second-order valence-corrected chi connectivity index (χ2v) is 8.21. The average Bonchev–Trinajstić information content (AvgIpc) is 3.26. The van der Waals surface area contributed by atoms with Gasteiger partial charge in [-0.1, -0.05) is 12.1 Å². The maximum absolute atomic E-state index is 13.1. The summed E-state index contributed by atoms with van der Waals surface area (Å²) in [5, 5.41) is 10.2. The summed E-state index contributed by atoms with van der Waals surface area (Å²) in [6.07, 6.45) is -2.23. The normalized spacial score (nSPS) is 25.3. The Morgan fingerprint density at radius 2 is 1.87 bits per heavy atom. The molecule has 1 aliphatic heterocycles. The lowest BCUT2D eigenvalue weighted by molar-refractivity contribution is -0.139. The molecule has 1 atom stereocenters. The lowest BCUT2D eigenvalue weighted by Crippen LogP contribution is -2.44. The van der Waals surface area contributed by atoms with E-state index in [1.165, 1.54) is 12.1 Å². The van der Waals surface area contributed by atoms with Gasteiger partial charge in [0.2, 0.25) is 10.0 Å². The van der Waals surface area contributed by atoms with Gasteiger partial charge in [-0.2, -0.15) is 17.5 Å². The highest BCUT2D eigenvalue weighted by Crippen LogP contribution is 2.46. The first-order valence-electron chi connectivity index (χ1n) is 7.53. The summed E-state index contributed by atoms with van der Waals surface area (Å²) in [7, 11) is -4.24. The van der Waals surface area contributed by atoms with Gasteiger partial charge in [-0.05, 0) is 37.8 Å². The van der Waals surface area contributed by atoms with Crippen molar-refractivity contribution in [3.63, 3.8) is 0 Å². The Kier molecular flexibility index (Phi) is 3.97. The van der Waals surface area contributed by atoms with E-state index < -0.39 is 32.3 Å². The molecule has 0 aromatic heterocycles. The molecule has 2 aliphatic rings. The van der Waals surface area contributed by atoms with E-state index in [-0.39, 0.29) is 19.0 Å². The van der Waals surface area contributed by atoms with Gasteiger partial charge in [-0.25, -0.2) is 8.42 Å². The van der Waals surface area contributed by atoms with E-state index in [0.29, 0.717) is 25.7 Å². The highest BCUT2D eigenvalue weighted by molar-refractivity contribution is 7.89. The Balaban J connectivity index is 1.93. The van der Waals surface area contributed by atoms with E-state index in [2.05, 4.69) is 0 Å². The fourth-order valence-corrected chi connectivity index (χ4v) is 4.94. The molecule has 1 heterocycles. The number of piperidine rings is 1. The van der Waals surface area contributed by atoms with Crippen LogP contribution < -0.4 is 0 Å². The number of hydrogen-bond donors (Lipinski definition) is 1. The third-order valence-corrected chi connectivity index (χ3v) is 6.64. The summed E-state index contributed by atoms with van der Waals surface area (Å²) in [6, 6.07) is 4.24. The number of aliphatic hydroxyl groups is 1. The minimum atomic E-state index is -4.73. The lowest BCUT2D eigenvalue weighted by Gasteiger charge is -2.35. The van der Waals surface area contributed by atoms with E-state index >= 15 is 0 Å². The Bertz CT molecular complexity index is 698. The number of halogens is 3. The van der Waals surface area contributed by atoms with Crippen LogP contribution >= 0.6 is 0 Å². The molecular formula is C15H18F3NO3S. The minimum Gasteiger partial charge on any atom is -0.390 e. The van der Waals surface area contributed by atoms with Crippen LogP contribution in [-0.2, 0) is 16.2 Å². The molecule has 0 amide bonds. The molecule has 0 bridgehead atoms. The average molecular weight is 349 g/mol. The standard InChI is InChI=1S/C15H18F3NO3S/c16-15(17,18)12-5-1-2-6-13(12)23(21,22)19-9-3-4-11(10-19)14(20)7-8-14/h1-2,5-6,11,20H,3-4,7-10H2. The van der Waals surface area contributed by atoms with Crippen LogP contribution in [0, 0.1) is 5.92 Å². The number of sulfonamides is 1. The number of rotatable bonds is 3. The predicted molar refractivity (Wildman–Crippen MR) is 77.1 cm³/mol. The number of hydrogen-bond acceptors (Lipinski definition) is 3. The van der Waals surface area contributed by atoms with Crippen molar-refractivity contribution in [1.82, 2.24) is 4.31 Å². The second kappa shape index (κ2) is 5.46. The molecule has 1 aromatic carbocycles. The lowest BCUT2D eigenvalue weighted by atomic mass is 9.92. The van der Waals surface area contributed by atoms with Crippen LogP contribution in [0.4, 0.5) is 13.2 Å². The third-order valence-electron chi connectivity index (χ3n) is 4.72. The summed E-state index contributed by atoms with van der Waals surface area (Å²) < 4.78 is 65.8. The monoisotopic (exact) mass is 349 g/mol. The molecular weight excluding hydrogens is 331 g/mol. The number of nitrogens with zero attached hydrogens (tertiary/aromatic N) is 1. The Morgan fingerprint density at radius 3 is 2.48 bits per heavy atom. The quantitative estimate of drug-likeness (QED) is 0.913. The molecule has 1 aromatic rings. The maximum atomic E-state index is 13.1. The van der Waals surface area contributed by atoms with Crippen molar-refractivity contribution in [2.24, 2.45) is 5.92 Å². The first-order valence-corrected chi connectivity index (χ1v) is 8.97. The van der Waals surface area contributed by atoms with E-state index in [1.807, 2.05) is 0 Å². The van der Waals surface area contributed by atoms with Crippen molar-refractivity contribution in [3.05, 3.63) is 29.8 Å². The fourth-order valence-electron chi connectivity index (χ4n) is 3.20. The van der Waals surface area contributed by atoms with Crippen molar-refractivity contribution in [2.75, 3.05) is 13.1 Å². The summed E-state index contributed by atoms with van der Waals surface area (Å²) in [6.45, 7) is 0.256. The molecule has 2 fully saturated rings.